The predicted octanol–water partition coefficient (Wildman–Crippen LogP) is 3.41. The minimum Gasteiger partial charge on any atom is -0.513 e. The van der Waals surface area contributed by atoms with Crippen LogP contribution >= 0.6 is 11.8 Å². The van der Waals surface area contributed by atoms with Gasteiger partial charge in [-0.1, -0.05) is 23.9 Å². The maximum absolute atomic E-state index is 9.15. The van der Waals surface area contributed by atoms with Crippen molar-refractivity contribution in [3.63, 3.8) is 0 Å². The van der Waals surface area contributed by atoms with E-state index in [-0.39, 0.29) is 0 Å². The van der Waals surface area contributed by atoms with Crippen molar-refractivity contribution < 1.29 is 5.11 Å². The van der Waals surface area contributed by atoms with Gasteiger partial charge in [-0.05, 0) is 31.6 Å². The number of rotatable bonds is 2. The van der Waals surface area contributed by atoms with E-state index >= 15 is 0 Å². The molecule has 0 radical (unpaired) electrons. The number of nitrogens with zero attached hydrogens (tertiary/aromatic N) is 1. The molecule has 3 heteroatoms. The van der Waals surface area contributed by atoms with Crippen LogP contribution in [0.25, 0.3) is 0 Å². The maximum Gasteiger partial charge on any atom is 0.0853 e. The first-order chi connectivity index (χ1) is 7.18. The third kappa shape index (κ3) is 2.12. The van der Waals surface area contributed by atoms with E-state index in [1.165, 1.54) is 10.6 Å². The van der Waals surface area contributed by atoms with Crippen molar-refractivity contribution in [2.45, 2.75) is 23.6 Å². The highest BCUT2D eigenvalue weighted by Gasteiger charge is 2.25. The molecular formula is C12H15NOS. The van der Waals surface area contributed by atoms with Crippen molar-refractivity contribution >= 4 is 17.4 Å². The molecule has 2 nitrogen and oxygen atoms in total. The highest BCUT2D eigenvalue weighted by molar-refractivity contribution is 8.00. The van der Waals surface area contributed by atoms with Gasteiger partial charge in [-0.15, -0.1) is 0 Å². The minimum absolute atomic E-state index is 0.403. The number of aliphatic hydroxyl groups is 1. The van der Waals surface area contributed by atoms with Crippen LogP contribution in [0.3, 0.4) is 0 Å². The van der Waals surface area contributed by atoms with E-state index in [1.807, 2.05) is 17.8 Å². The lowest BCUT2D eigenvalue weighted by Gasteiger charge is -2.19. The molecule has 1 unspecified atom stereocenters. The van der Waals surface area contributed by atoms with Crippen LogP contribution in [0.1, 0.15) is 13.3 Å². The maximum atomic E-state index is 9.15. The molecule has 1 aliphatic heterocycles. The van der Waals surface area contributed by atoms with Crippen LogP contribution in [-0.2, 0) is 0 Å². The Labute approximate surface area is 94.6 Å². The average Bonchev–Trinajstić information content (AvgIpc) is 2.54. The molecule has 80 valence electrons. The summed E-state index contributed by atoms with van der Waals surface area (Å²) >= 11 is 1.86. The Balaban J connectivity index is 2.13. The first kappa shape index (κ1) is 10.4. The number of anilines is 1. The zero-order chi connectivity index (χ0) is 10.8. The number of allylic oxidation sites excluding steroid dienone is 1. The van der Waals surface area contributed by atoms with Gasteiger partial charge in [0, 0.05) is 11.9 Å². The molecule has 0 bridgehead atoms. The van der Waals surface area contributed by atoms with Crippen molar-refractivity contribution in [3.8, 4) is 0 Å². The smallest absolute Gasteiger partial charge is 0.0853 e. The van der Waals surface area contributed by atoms with Gasteiger partial charge < -0.3 is 10.0 Å². The Morgan fingerprint density at radius 2 is 2.27 bits per heavy atom. The SMILES string of the molecule is CC(O)=CCC1Sc2ccccc2N1C. The summed E-state index contributed by atoms with van der Waals surface area (Å²) < 4.78 is 0. The molecule has 0 aromatic heterocycles. The fraction of sp³-hybridized carbons (Fsp3) is 0.333. The van der Waals surface area contributed by atoms with Gasteiger partial charge in [-0.25, -0.2) is 0 Å². The molecule has 0 saturated carbocycles. The average molecular weight is 221 g/mol. The van der Waals surface area contributed by atoms with Crippen LogP contribution in [-0.4, -0.2) is 17.5 Å². The number of para-hydroxylation sites is 1. The summed E-state index contributed by atoms with van der Waals surface area (Å²) in [7, 11) is 2.10. The lowest BCUT2D eigenvalue weighted by Crippen LogP contribution is -2.23. The Kier molecular flexibility index (Phi) is 2.91. The lowest BCUT2D eigenvalue weighted by atomic mass is 10.3. The third-order valence-corrected chi connectivity index (χ3v) is 3.94. The molecule has 1 aliphatic rings. The van der Waals surface area contributed by atoms with Gasteiger partial charge in [0.15, 0.2) is 0 Å². The van der Waals surface area contributed by atoms with Crippen molar-refractivity contribution in [2.24, 2.45) is 0 Å². The summed E-state index contributed by atoms with van der Waals surface area (Å²) in [6, 6.07) is 8.41. The quantitative estimate of drug-likeness (QED) is 0.774. The Morgan fingerprint density at radius 3 is 2.93 bits per heavy atom. The van der Waals surface area contributed by atoms with Crippen LogP contribution in [0.2, 0.25) is 0 Å². The monoisotopic (exact) mass is 221 g/mol. The number of hydrogen-bond acceptors (Lipinski definition) is 3. The summed E-state index contributed by atoms with van der Waals surface area (Å²) in [4.78, 5) is 3.59. The van der Waals surface area contributed by atoms with E-state index in [4.69, 9.17) is 5.11 Å². The normalized spacial score (nSPS) is 20.5. The van der Waals surface area contributed by atoms with Gasteiger partial charge in [0.1, 0.15) is 0 Å². The molecule has 1 aromatic rings. The molecule has 0 fully saturated rings. The summed E-state index contributed by atoms with van der Waals surface area (Å²) in [5.41, 5.74) is 1.29. The standard InChI is InChI=1S/C12H15NOS/c1-9(14)7-8-12-13(2)10-5-3-4-6-11(10)15-12/h3-7,12,14H,8H2,1-2H3. The van der Waals surface area contributed by atoms with Gasteiger partial charge in [-0.2, -0.15) is 0 Å². The number of aliphatic hydroxyl groups excluding tert-OH is 1. The first-order valence-electron chi connectivity index (χ1n) is 5.02. The zero-order valence-electron chi connectivity index (χ0n) is 8.97. The molecule has 0 amide bonds. The van der Waals surface area contributed by atoms with Crippen LogP contribution in [0.4, 0.5) is 5.69 Å². The molecule has 0 saturated heterocycles. The largest absolute Gasteiger partial charge is 0.513 e. The van der Waals surface area contributed by atoms with E-state index in [0.29, 0.717) is 11.1 Å². The Morgan fingerprint density at radius 1 is 1.53 bits per heavy atom. The van der Waals surface area contributed by atoms with Gasteiger partial charge in [0.05, 0.1) is 16.8 Å². The minimum atomic E-state index is 0.403. The zero-order valence-corrected chi connectivity index (χ0v) is 9.79. The van der Waals surface area contributed by atoms with Gasteiger partial charge >= 0.3 is 0 Å². The van der Waals surface area contributed by atoms with E-state index in [1.54, 1.807) is 6.92 Å². The van der Waals surface area contributed by atoms with E-state index in [0.717, 1.165) is 6.42 Å². The molecule has 1 aromatic carbocycles. The molecule has 1 heterocycles. The number of benzene rings is 1. The number of hydrogen-bond donors (Lipinski definition) is 1. The Bertz CT molecular complexity index is 385. The van der Waals surface area contributed by atoms with Gasteiger partial charge in [0.2, 0.25) is 0 Å². The second kappa shape index (κ2) is 4.19. The molecule has 1 N–H and O–H groups in total. The summed E-state index contributed by atoms with van der Waals surface area (Å²) in [5, 5.41) is 9.56. The highest BCUT2D eigenvalue weighted by atomic mass is 32.2. The van der Waals surface area contributed by atoms with Crippen molar-refractivity contribution in [1.82, 2.24) is 0 Å². The van der Waals surface area contributed by atoms with Crippen molar-refractivity contribution in [3.05, 3.63) is 36.1 Å². The molecule has 0 spiro atoms. The van der Waals surface area contributed by atoms with E-state index in [2.05, 4.69) is 36.2 Å². The molecule has 1 atom stereocenters. The van der Waals surface area contributed by atoms with Crippen LogP contribution in [0, 0.1) is 0 Å². The Hall–Kier alpha value is -1.09. The van der Waals surface area contributed by atoms with Crippen molar-refractivity contribution in [2.75, 3.05) is 11.9 Å². The van der Waals surface area contributed by atoms with Gasteiger partial charge in [-0.3, -0.25) is 0 Å². The fourth-order valence-electron chi connectivity index (χ4n) is 1.71. The summed E-state index contributed by atoms with van der Waals surface area (Å²) in [5.74, 6) is 0.403. The summed E-state index contributed by atoms with van der Waals surface area (Å²) in [6.45, 7) is 1.72. The lowest BCUT2D eigenvalue weighted by molar-refractivity contribution is 0.411. The van der Waals surface area contributed by atoms with Crippen LogP contribution in [0.5, 0.6) is 0 Å². The molecule has 15 heavy (non-hydrogen) atoms. The topological polar surface area (TPSA) is 23.5 Å². The fourth-order valence-corrected chi connectivity index (χ4v) is 2.95. The second-order valence-corrected chi connectivity index (χ2v) is 4.95. The van der Waals surface area contributed by atoms with Crippen LogP contribution < -0.4 is 4.90 Å². The van der Waals surface area contributed by atoms with E-state index in [9.17, 15) is 0 Å². The third-order valence-electron chi connectivity index (χ3n) is 2.56. The number of fused-ring (bicyclic) bond motifs is 1. The van der Waals surface area contributed by atoms with Crippen molar-refractivity contribution in [1.29, 1.82) is 0 Å². The van der Waals surface area contributed by atoms with Gasteiger partial charge in [0.25, 0.3) is 0 Å². The second-order valence-electron chi connectivity index (χ2n) is 3.73. The highest BCUT2D eigenvalue weighted by Crippen LogP contribution is 2.43. The summed E-state index contributed by atoms with van der Waals surface area (Å²) in [6.07, 6.45) is 2.75. The molecule has 2 rings (SSSR count). The van der Waals surface area contributed by atoms with E-state index < -0.39 is 0 Å². The number of thioether (sulfide) groups is 1. The van der Waals surface area contributed by atoms with Crippen LogP contribution in [0.15, 0.2) is 41.0 Å². The predicted molar refractivity (Wildman–Crippen MR) is 65.5 cm³/mol. The molecular weight excluding hydrogens is 206 g/mol. The molecule has 0 aliphatic carbocycles. The first-order valence-corrected chi connectivity index (χ1v) is 5.90.